The first-order valence-electron chi connectivity index (χ1n) is 8.57. The molecular formula is C19H22BrN3O. The van der Waals surface area contributed by atoms with Gasteiger partial charge < -0.3 is 9.64 Å². The van der Waals surface area contributed by atoms with Crippen LogP contribution in [0, 0.1) is 0 Å². The first-order chi connectivity index (χ1) is 11.7. The predicted octanol–water partition coefficient (Wildman–Crippen LogP) is 3.66. The molecule has 2 aliphatic heterocycles. The van der Waals surface area contributed by atoms with E-state index in [1.807, 2.05) is 6.20 Å². The lowest BCUT2D eigenvalue weighted by molar-refractivity contribution is 0.198. The molecule has 1 unspecified atom stereocenters. The van der Waals surface area contributed by atoms with Crippen LogP contribution < -0.4 is 9.64 Å². The predicted molar refractivity (Wildman–Crippen MR) is 99.8 cm³/mol. The van der Waals surface area contributed by atoms with Gasteiger partial charge in [-0.15, -0.1) is 0 Å². The van der Waals surface area contributed by atoms with Gasteiger partial charge in [0.2, 0.25) is 0 Å². The minimum atomic E-state index is 0.416. The summed E-state index contributed by atoms with van der Waals surface area (Å²) in [5.41, 5.74) is 2.70. The number of anilines is 1. The topological polar surface area (TPSA) is 28.6 Å². The SMILES string of the molecule is CC(c1ccc2c(c1)OCC2)N1CCN(c2ccc(Br)cn2)CC1. The number of hydrogen-bond donors (Lipinski definition) is 0. The van der Waals surface area contributed by atoms with Gasteiger partial charge in [-0.05, 0) is 52.2 Å². The highest BCUT2D eigenvalue weighted by Gasteiger charge is 2.24. The van der Waals surface area contributed by atoms with Gasteiger partial charge in [0.25, 0.3) is 0 Å². The van der Waals surface area contributed by atoms with Crippen molar-refractivity contribution >= 4 is 21.7 Å². The zero-order chi connectivity index (χ0) is 16.5. The van der Waals surface area contributed by atoms with Crippen molar-refractivity contribution in [2.45, 2.75) is 19.4 Å². The Morgan fingerprint density at radius 2 is 1.96 bits per heavy atom. The van der Waals surface area contributed by atoms with Crippen LogP contribution in [0.3, 0.4) is 0 Å². The van der Waals surface area contributed by atoms with Gasteiger partial charge in [0.15, 0.2) is 0 Å². The first-order valence-corrected chi connectivity index (χ1v) is 9.36. The molecule has 1 fully saturated rings. The van der Waals surface area contributed by atoms with Crippen molar-refractivity contribution in [3.63, 3.8) is 0 Å². The van der Waals surface area contributed by atoms with Gasteiger partial charge in [0.1, 0.15) is 11.6 Å². The van der Waals surface area contributed by atoms with Crippen LogP contribution in [-0.4, -0.2) is 42.7 Å². The molecule has 1 atom stereocenters. The van der Waals surface area contributed by atoms with Crippen LogP contribution in [0.2, 0.25) is 0 Å². The molecule has 1 saturated heterocycles. The van der Waals surface area contributed by atoms with Gasteiger partial charge >= 0.3 is 0 Å². The largest absolute Gasteiger partial charge is 0.493 e. The molecule has 0 N–H and O–H groups in total. The Bertz CT molecular complexity index is 711. The molecule has 126 valence electrons. The van der Waals surface area contributed by atoms with Crippen LogP contribution in [0.5, 0.6) is 5.75 Å². The number of halogens is 1. The summed E-state index contributed by atoms with van der Waals surface area (Å²) in [5, 5.41) is 0. The highest BCUT2D eigenvalue weighted by Crippen LogP contribution is 2.31. The fourth-order valence-corrected chi connectivity index (χ4v) is 3.78. The Kier molecular flexibility index (Phi) is 4.46. The lowest BCUT2D eigenvalue weighted by atomic mass is 10.0. The Morgan fingerprint density at radius 1 is 1.12 bits per heavy atom. The van der Waals surface area contributed by atoms with E-state index in [0.29, 0.717) is 6.04 Å². The Balaban J connectivity index is 1.41. The Hall–Kier alpha value is -1.59. The van der Waals surface area contributed by atoms with Crippen molar-refractivity contribution in [2.75, 3.05) is 37.7 Å². The Labute approximate surface area is 151 Å². The molecule has 4 nitrogen and oxygen atoms in total. The third-order valence-electron chi connectivity index (χ3n) is 5.10. The van der Waals surface area contributed by atoms with Gasteiger partial charge in [0, 0.05) is 49.3 Å². The fraction of sp³-hybridized carbons (Fsp3) is 0.421. The van der Waals surface area contributed by atoms with Crippen molar-refractivity contribution in [3.05, 3.63) is 52.1 Å². The third kappa shape index (κ3) is 3.15. The van der Waals surface area contributed by atoms with E-state index in [9.17, 15) is 0 Å². The van der Waals surface area contributed by atoms with E-state index in [1.165, 1.54) is 11.1 Å². The smallest absolute Gasteiger partial charge is 0.128 e. The minimum Gasteiger partial charge on any atom is -0.493 e. The standard InChI is InChI=1S/C19H22BrN3O/c1-14(16-3-2-15-6-11-24-18(15)12-16)22-7-9-23(10-8-22)19-5-4-17(20)13-21-19/h2-5,12-14H,6-11H2,1H3. The molecule has 1 aromatic carbocycles. The molecule has 2 aliphatic rings. The van der Waals surface area contributed by atoms with Crippen LogP contribution >= 0.6 is 15.9 Å². The highest BCUT2D eigenvalue weighted by atomic mass is 79.9. The first kappa shape index (κ1) is 15.9. The molecule has 2 aromatic rings. The molecule has 4 rings (SSSR count). The molecule has 0 amide bonds. The van der Waals surface area contributed by atoms with Crippen LogP contribution in [0.25, 0.3) is 0 Å². The van der Waals surface area contributed by atoms with Crippen LogP contribution in [0.1, 0.15) is 24.1 Å². The number of fused-ring (bicyclic) bond motifs is 1. The number of ether oxygens (including phenoxy) is 1. The van der Waals surface area contributed by atoms with Gasteiger partial charge in [0.05, 0.1) is 6.61 Å². The number of piperazine rings is 1. The van der Waals surface area contributed by atoms with Gasteiger partial charge in [-0.3, -0.25) is 4.90 Å². The van der Waals surface area contributed by atoms with Crippen molar-refractivity contribution in [2.24, 2.45) is 0 Å². The summed E-state index contributed by atoms with van der Waals surface area (Å²) in [7, 11) is 0. The summed E-state index contributed by atoms with van der Waals surface area (Å²) >= 11 is 3.45. The summed E-state index contributed by atoms with van der Waals surface area (Å²) in [6.07, 6.45) is 2.91. The van der Waals surface area contributed by atoms with E-state index in [0.717, 1.165) is 55.2 Å². The van der Waals surface area contributed by atoms with Crippen molar-refractivity contribution < 1.29 is 4.74 Å². The highest BCUT2D eigenvalue weighted by molar-refractivity contribution is 9.10. The monoisotopic (exact) mass is 387 g/mol. The molecule has 0 radical (unpaired) electrons. The van der Waals surface area contributed by atoms with Gasteiger partial charge in [-0.2, -0.15) is 0 Å². The molecule has 24 heavy (non-hydrogen) atoms. The number of hydrogen-bond acceptors (Lipinski definition) is 4. The average molecular weight is 388 g/mol. The molecule has 0 saturated carbocycles. The maximum Gasteiger partial charge on any atom is 0.128 e. The quantitative estimate of drug-likeness (QED) is 0.803. The van der Waals surface area contributed by atoms with Crippen LogP contribution in [-0.2, 0) is 6.42 Å². The van der Waals surface area contributed by atoms with Crippen LogP contribution in [0.15, 0.2) is 41.0 Å². The molecule has 0 bridgehead atoms. The molecular weight excluding hydrogens is 366 g/mol. The number of benzene rings is 1. The molecule has 1 aromatic heterocycles. The lowest BCUT2D eigenvalue weighted by Gasteiger charge is -2.38. The molecule has 0 spiro atoms. The van der Waals surface area contributed by atoms with Crippen molar-refractivity contribution in [1.82, 2.24) is 9.88 Å². The van der Waals surface area contributed by atoms with E-state index in [-0.39, 0.29) is 0 Å². The number of rotatable bonds is 3. The van der Waals surface area contributed by atoms with Gasteiger partial charge in [-0.25, -0.2) is 4.98 Å². The molecule has 3 heterocycles. The zero-order valence-electron chi connectivity index (χ0n) is 13.9. The van der Waals surface area contributed by atoms with E-state index < -0.39 is 0 Å². The third-order valence-corrected chi connectivity index (χ3v) is 5.57. The lowest BCUT2D eigenvalue weighted by Crippen LogP contribution is -2.47. The van der Waals surface area contributed by atoms with Gasteiger partial charge in [-0.1, -0.05) is 12.1 Å². The van der Waals surface area contributed by atoms with E-state index >= 15 is 0 Å². The molecule has 5 heteroatoms. The minimum absolute atomic E-state index is 0.416. The maximum absolute atomic E-state index is 5.72. The Morgan fingerprint density at radius 3 is 2.71 bits per heavy atom. The van der Waals surface area contributed by atoms with Crippen LogP contribution in [0.4, 0.5) is 5.82 Å². The van der Waals surface area contributed by atoms with E-state index in [1.54, 1.807) is 0 Å². The summed E-state index contributed by atoms with van der Waals surface area (Å²) < 4.78 is 6.75. The zero-order valence-corrected chi connectivity index (χ0v) is 15.5. The second-order valence-electron chi connectivity index (χ2n) is 6.50. The summed E-state index contributed by atoms with van der Waals surface area (Å²) in [6, 6.07) is 11.3. The number of aromatic nitrogens is 1. The molecule has 0 aliphatic carbocycles. The normalized spacial score (nSPS) is 19.0. The van der Waals surface area contributed by atoms with Crippen molar-refractivity contribution in [1.29, 1.82) is 0 Å². The number of nitrogens with zero attached hydrogens (tertiary/aromatic N) is 3. The van der Waals surface area contributed by atoms with E-state index in [4.69, 9.17) is 4.74 Å². The van der Waals surface area contributed by atoms with Crippen molar-refractivity contribution in [3.8, 4) is 5.75 Å². The fourth-order valence-electron chi connectivity index (χ4n) is 3.55. The second kappa shape index (κ2) is 6.73. The summed E-state index contributed by atoms with van der Waals surface area (Å²) in [5.74, 6) is 2.15. The summed E-state index contributed by atoms with van der Waals surface area (Å²) in [6.45, 7) is 7.25. The van der Waals surface area contributed by atoms with E-state index in [2.05, 4.69) is 68.0 Å². The second-order valence-corrected chi connectivity index (χ2v) is 7.41. The number of pyridine rings is 1. The average Bonchev–Trinajstić information content (AvgIpc) is 3.09. The summed E-state index contributed by atoms with van der Waals surface area (Å²) in [4.78, 5) is 9.42. The maximum atomic E-state index is 5.72.